The Kier molecular flexibility index (Phi) is 7.66. The van der Waals surface area contributed by atoms with Crippen LogP contribution in [0.5, 0.6) is 0 Å². The van der Waals surface area contributed by atoms with E-state index >= 15 is 0 Å². The topological polar surface area (TPSA) is 70.2 Å². The number of nitrogens with one attached hydrogen (secondary N) is 3. The standard InChI is InChI=1S/C20H25N3O2/c1-2-3-13-21-15-19(24)23-18-11-9-17(10-12-18)20(25)22-14-16-7-5-4-6-8-16/h4-12,21H,2-3,13-15H2,1H3,(H,22,25)(H,23,24). The van der Waals surface area contributed by atoms with Crippen molar-refractivity contribution in [2.24, 2.45) is 0 Å². The van der Waals surface area contributed by atoms with Crippen LogP contribution in [0.4, 0.5) is 5.69 Å². The number of benzene rings is 2. The summed E-state index contributed by atoms with van der Waals surface area (Å²) < 4.78 is 0. The number of rotatable bonds is 9. The van der Waals surface area contributed by atoms with E-state index < -0.39 is 0 Å². The van der Waals surface area contributed by atoms with Crippen molar-refractivity contribution in [3.63, 3.8) is 0 Å². The first kappa shape index (κ1) is 18.7. The first-order chi connectivity index (χ1) is 12.2. The first-order valence-corrected chi connectivity index (χ1v) is 8.62. The fourth-order valence-electron chi connectivity index (χ4n) is 2.29. The van der Waals surface area contributed by atoms with Gasteiger partial charge < -0.3 is 16.0 Å². The SMILES string of the molecule is CCCCNCC(=O)Nc1ccc(C(=O)NCc2ccccc2)cc1. The minimum Gasteiger partial charge on any atom is -0.348 e. The zero-order valence-electron chi connectivity index (χ0n) is 14.5. The Morgan fingerprint density at radius 3 is 2.36 bits per heavy atom. The monoisotopic (exact) mass is 339 g/mol. The van der Waals surface area contributed by atoms with Gasteiger partial charge in [0.15, 0.2) is 0 Å². The second-order valence-electron chi connectivity index (χ2n) is 5.82. The van der Waals surface area contributed by atoms with Gasteiger partial charge in [0, 0.05) is 17.8 Å². The maximum absolute atomic E-state index is 12.1. The molecular weight excluding hydrogens is 314 g/mol. The molecule has 0 heterocycles. The molecule has 3 N–H and O–H groups in total. The van der Waals surface area contributed by atoms with E-state index in [2.05, 4.69) is 22.9 Å². The summed E-state index contributed by atoms with van der Waals surface area (Å²) >= 11 is 0. The van der Waals surface area contributed by atoms with E-state index in [1.54, 1.807) is 24.3 Å². The molecule has 0 aliphatic carbocycles. The van der Waals surface area contributed by atoms with Crippen molar-refractivity contribution in [1.82, 2.24) is 10.6 Å². The van der Waals surface area contributed by atoms with Gasteiger partial charge in [-0.05, 0) is 42.8 Å². The smallest absolute Gasteiger partial charge is 0.251 e. The van der Waals surface area contributed by atoms with Crippen LogP contribution >= 0.6 is 0 Å². The van der Waals surface area contributed by atoms with Crippen molar-refractivity contribution >= 4 is 17.5 Å². The van der Waals surface area contributed by atoms with Crippen molar-refractivity contribution in [2.45, 2.75) is 26.3 Å². The molecule has 0 aromatic heterocycles. The van der Waals surface area contributed by atoms with Crippen LogP contribution in [0.3, 0.4) is 0 Å². The minimum absolute atomic E-state index is 0.0858. The van der Waals surface area contributed by atoms with E-state index in [1.165, 1.54) is 0 Å². The molecule has 2 amide bonds. The summed E-state index contributed by atoms with van der Waals surface area (Å²) in [6.45, 7) is 3.73. The number of anilines is 1. The van der Waals surface area contributed by atoms with Gasteiger partial charge >= 0.3 is 0 Å². The molecule has 0 saturated carbocycles. The number of carbonyl (C=O) groups is 2. The number of unbranched alkanes of at least 4 members (excludes halogenated alkanes) is 1. The molecule has 2 aromatic carbocycles. The molecule has 0 unspecified atom stereocenters. The molecule has 0 spiro atoms. The second kappa shape index (κ2) is 10.3. The lowest BCUT2D eigenvalue weighted by Crippen LogP contribution is -2.28. The molecule has 0 atom stereocenters. The molecule has 0 radical (unpaired) electrons. The third-order valence-corrected chi connectivity index (χ3v) is 3.72. The van der Waals surface area contributed by atoms with Crippen LogP contribution in [-0.2, 0) is 11.3 Å². The summed E-state index contributed by atoms with van der Waals surface area (Å²) in [5.74, 6) is -0.222. The normalized spacial score (nSPS) is 10.3. The Morgan fingerprint density at radius 1 is 0.960 bits per heavy atom. The molecule has 5 nitrogen and oxygen atoms in total. The largest absolute Gasteiger partial charge is 0.348 e. The lowest BCUT2D eigenvalue weighted by Gasteiger charge is -2.08. The average molecular weight is 339 g/mol. The van der Waals surface area contributed by atoms with Crippen LogP contribution in [0.15, 0.2) is 54.6 Å². The zero-order chi connectivity index (χ0) is 17.9. The highest BCUT2D eigenvalue weighted by atomic mass is 16.2. The van der Waals surface area contributed by atoms with Crippen molar-refractivity contribution in [3.05, 3.63) is 65.7 Å². The molecule has 0 fully saturated rings. The average Bonchev–Trinajstić information content (AvgIpc) is 2.65. The highest BCUT2D eigenvalue weighted by Gasteiger charge is 2.06. The van der Waals surface area contributed by atoms with Gasteiger partial charge in [-0.1, -0.05) is 43.7 Å². The molecule has 5 heteroatoms. The van der Waals surface area contributed by atoms with Crippen LogP contribution in [0.25, 0.3) is 0 Å². The highest BCUT2D eigenvalue weighted by Crippen LogP contribution is 2.10. The number of amides is 2. The Labute approximate surface area is 148 Å². The molecule has 25 heavy (non-hydrogen) atoms. The molecule has 2 rings (SSSR count). The van der Waals surface area contributed by atoms with Gasteiger partial charge in [0.2, 0.25) is 5.91 Å². The Balaban J connectivity index is 1.78. The Morgan fingerprint density at radius 2 is 1.68 bits per heavy atom. The zero-order valence-corrected chi connectivity index (χ0v) is 14.5. The van der Waals surface area contributed by atoms with Crippen LogP contribution in [-0.4, -0.2) is 24.9 Å². The molecular formula is C20H25N3O2. The van der Waals surface area contributed by atoms with Gasteiger partial charge in [-0.2, -0.15) is 0 Å². The molecule has 0 aliphatic heterocycles. The number of carbonyl (C=O) groups excluding carboxylic acids is 2. The van der Waals surface area contributed by atoms with Crippen molar-refractivity contribution in [2.75, 3.05) is 18.4 Å². The summed E-state index contributed by atoms with van der Waals surface area (Å²) in [5, 5.41) is 8.78. The predicted molar refractivity (Wildman–Crippen MR) is 100 cm³/mol. The van der Waals surface area contributed by atoms with Gasteiger partial charge in [0.25, 0.3) is 5.91 Å². The van der Waals surface area contributed by atoms with E-state index in [-0.39, 0.29) is 11.8 Å². The van der Waals surface area contributed by atoms with Crippen LogP contribution in [0.1, 0.15) is 35.7 Å². The lowest BCUT2D eigenvalue weighted by molar-refractivity contribution is -0.115. The molecule has 0 saturated heterocycles. The molecule has 132 valence electrons. The summed E-state index contributed by atoms with van der Waals surface area (Å²) in [6.07, 6.45) is 2.16. The molecule has 0 bridgehead atoms. The number of hydrogen-bond acceptors (Lipinski definition) is 3. The van der Waals surface area contributed by atoms with Gasteiger partial charge in [0.1, 0.15) is 0 Å². The van der Waals surface area contributed by atoms with Crippen molar-refractivity contribution < 1.29 is 9.59 Å². The second-order valence-corrected chi connectivity index (χ2v) is 5.82. The minimum atomic E-state index is -0.136. The predicted octanol–water partition coefficient (Wildman–Crippen LogP) is 2.94. The van der Waals surface area contributed by atoms with Crippen LogP contribution in [0, 0.1) is 0 Å². The van der Waals surface area contributed by atoms with Gasteiger partial charge in [-0.25, -0.2) is 0 Å². The van der Waals surface area contributed by atoms with Gasteiger partial charge in [-0.15, -0.1) is 0 Å². The van der Waals surface area contributed by atoms with Crippen LogP contribution in [0.2, 0.25) is 0 Å². The van der Waals surface area contributed by atoms with Crippen molar-refractivity contribution in [1.29, 1.82) is 0 Å². The first-order valence-electron chi connectivity index (χ1n) is 8.62. The summed E-state index contributed by atoms with van der Waals surface area (Å²) in [6, 6.07) is 16.6. The van der Waals surface area contributed by atoms with E-state index in [0.717, 1.165) is 24.9 Å². The quantitative estimate of drug-likeness (QED) is 0.615. The third kappa shape index (κ3) is 6.77. The summed E-state index contributed by atoms with van der Waals surface area (Å²) in [4.78, 5) is 23.9. The van der Waals surface area contributed by atoms with Crippen LogP contribution < -0.4 is 16.0 Å². The van der Waals surface area contributed by atoms with Crippen molar-refractivity contribution in [3.8, 4) is 0 Å². The fourth-order valence-corrected chi connectivity index (χ4v) is 2.29. The summed E-state index contributed by atoms with van der Waals surface area (Å²) in [7, 11) is 0. The Bertz CT molecular complexity index is 669. The third-order valence-electron chi connectivity index (χ3n) is 3.72. The number of hydrogen-bond donors (Lipinski definition) is 3. The fraction of sp³-hybridized carbons (Fsp3) is 0.300. The van der Waals surface area contributed by atoms with E-state index in [9.17, 15) is 9.59 Å². The lowest BCUT2D eigenvalue weighted by atomic mass is 10.1. The molecule has 0 aliphatic rings. The van der Waals surface area contributed by atoms with E-state index in [1.807, 2.05) is 30.3 Å². The van der Waals surface area contributed by atoms with Gasteiger partial charge in [-0.3, -0.25) is 9.59 Å². The van der Waals surface area contributed by atoms with Gasteiger partial charge in [0.05, 0.1) is 6.54 Å². The maximum Gasteiger partial charge on any atom is 0.251 e. The maximum atomic E-state index is 12.1. The van der Waals surface area contributed by atoms with E-state index in [4.69, 9.17) is 0 Å². The summed E-state index contributed by atoms with van der Waals surface area (Å²) in [5.41, 5.74) is 2.30. The molecule has 2 aromatic rings. The van der Waals surface area contributed by atoms with E-state index in [0.29, 0.717) is 24.3 Å². The highest BCUT2D eigenvalue weighted by molar-refractivity contribution is 5.96. The Hall–Kier alpha value is -2.66.